The van der Waals surface area contributed by atoms with Crippen LogP contribution in [0, 0.1) is 5.82 Å². The zero-order chi connectivity index (χ0) is 14.7. The van der Waals surface area contributed by atoms with Crippen LogP contribution in [0.3, 0.4) is 0 Å². The fraction of sp³-hybridized carbons (Fsp3) is 0.176. The van der Waals surface area contributed by atoms with Gasteiger partial charge in [-0.05, 0) is 48.3 Å². The molecule has 3 rings (SSSR count). The van der Waals surface area contributed by atoms with Crippen LogP contribution in [0.4, 0.5) is 4.39 Å². The number of hydrogen-bond acceptors (Lipinski definition) is 2. The zero-order valence-corrected chi connectivity index (χ0v) is 12.2. The van der Waals surface area contributed by atoms with E-state index < -0.39 is 0 Å². The van der Waals surface area contributed by atoms with Gasteiger partial charge in [-0.3, -0.25) is 0 Å². The van der Waals surface area contributed by atoms with Crippen molar-refractivity contribution in [2.24, 2.45) is 0 Å². The van der Waals surface area contributed by atoms with Gasteiger partial charge in [-0.1, -0.05) is 30.3 Å². The van der Waals surface area contributed by atoms with E-state index in [4.69, 9.17) is 16.0 Å². The van der Waals surface area contributed by atoms with Crippen LogP contribution in [0.15, 0.2) is 52.9 Å². The van der Waals surface area contributed by atoms with Gasteiger partial charge < -0.3 is 9.73 Å². The molecule has 0 aliphatic heterocycles. The van der Waals surface area contributed by atoms with E-state index >= 15 is 0 Å². The van der Waals surface area contributed by atoms with Crippen molar-refractivity contribution >= 4 is 22.6 Å². The summed E-state index contributed by atoms with van der Waals surface area (Å²) in [4.78, 5) is 0. The molecule has 0 radical (unpaired) electrons. The van der Waals surface area contributed by atoms with Gasteiger partial charge in [0.1, 0.15) is 11.4 Å². The first-order valence-corrected chi connectivity index (χ1v) is 7.23. The molecule has 0 saturated heterocycles. The maximum atomic E-state index is 13.1. The van der Waals surface area contributed by atoms with Crippen molar-refractivity contribution < 1.29 is 8.81 Å². The SMILES string of the molecule is Fc1cccc(CCNCc2c(Cl)oc3ccccc23)c1. The lowest BCUT2D eigenvalue weighted by molar-refractivity contribution is 0.603. The van der Waals surface area contributed by atoms with Crippen LogP contribution in [0.5, 0.6) is 0 Å². The van der Waals surface area contributed by atoms with Crippen LogP contribution in [-0.4, -0.2) is 6.54 Å². The standard InChI is InChI=1S/C17H15ClFNO/c18-17-15(14-6-1-2-7-16(14)21-17)11-20-9-8-12-4-3-5-13(19)10-12/h1-7,10,20H,8-9,11H2. The minimum Gasteiger partial charge on any atom is -0.444 e. The molecule has 1 heterocycles. The number of rotatable bonds is 5. The molecule has 0 atom stereocenters. The normalized spacial score (nSPS) is 11.1. The fourth-order valence-corrected chi connectivity index (χ4v) is 2.62. The van der Waals surface area contributed by atoms with E-state index in [2.05, 4.69) is 5.32 Å². The van der Waals surface area contributed by atoms with Gasteiger partial charge in [0, 0.05) is 17.5 Å². The topological polar surface area (TPSA) is 25.2 Å². The van der Waals surface area contributed by atoms with Gasteiger partial charge in [0.25, 0.3) is 0 Å². The van der Waals surface area contributed by atoms with Gasteiger partial charge in [0.05, 0.1) is 0 Å². The largest absolute Gasteiger partial charge is 0.444 e. The van der Waals surface area contributed by atoms with Gasteiger partial charge in [-0.25, -0.2) is 4.39 Å². The maximum absolute atomic E-state index is 13.1. The Morgan fingerprint density at radius 3 is 2.81 bits per heavy atom. The number of halogens is 2. The summed E-state index contributed by atoms with van der Waals surface area (Å²) in [5.74, 6) is -0.198. The smallest absolute Gasteiger partial charge is 0.199 e. The molecule has 1 aromatic heterocycles. The Kier molecular flexibility index (Phi) is 4.23. The summed E-state index contributed by atoms with van der Waals surface area (Å²) in [5, 5.41) is 4.78. The quantitative estimate of drug-likeness (QED) is 0.699. The highest BCUT2D eigenvalue weighted by Gasteiger charge is 2.11. The van der Waals surface area contributed by atoms with Crippen molar-refractivity contribution in [3.05, 3.63) is 70.7 Å². The van der Waals surface area contributed by atoms with Crippen molar-refractivity contribution in [1.82, 2.24) is 5.32 Å². The van der Waals surface area contributed by atoms with Gasteiger partial charge in [0.2, 0.25) is 0 Å². The molecule has 0 aliphatic carbocycles. The number of para-hydroxylation sites is 1. The minimum absolute atomic E-state index is 0.198. The molecule has 0 saturated carbocycles. The average Bonchev–Trinajstić information content (AvgIpc) is 2.79. The van der Waals surface area contributed by atoms with E-state index in [1.54, 1.807) is 12.1 Å². The van der Waals surface area contributed by atoms with E-state index in [0.717, 1.165) is 35.1 Å². The number of fused-ring (bicyclic) bond motifs is 1. The van der Waals surface area contributed by atoms with E-state index in [9.17, 15) is 4.39 Å². The lowest BCUT2D eigenvalue weighted by atomic mass is 10.1. The average molecular weight is 304 g/mol. The highest BCUT2D eigenvalue weighted by Crippen LogP contribution is 2.29. The fourth-order valence-electron chi connectivity index (χ4n) is 2.37. The molecule has 2 aromatic carbocycles. The van der Waals surface area contributed by atoms with Gasteiger partial charge in [-0.2, -0.15) is 0 Å². The first-order valence-electron chi connectivity index (χ1n) is 6.85. The van der Waals surface area contributed by atoms with Gasteiger partial charge >= 0.3 is 0 Å². The first kappa shape index (κ1) is 14.1. The molecule has 2 nitrogen and oxygen atoms in total. The van der Waals surface area contributed by atoms with Crippen molar-refractivity contribution in [3.63, 3.8) is 0 Å². The molecule has 3 aromatic rings. The third-order valence-electron chi connectivity index (χ3n) is 3.43. The predicted molar refractivity (Wildman–Crippen MR) is 83.0 cm³/mol. The van der Waals surface area contributed by atoms with Gasteiger partial charge in [-0.15, -0.1) is 0 Å². The van der Waals surface area contributed by atoms with Gasteiger partial charge in [0.15, 0.2) is 5.22 Å². The molecule has 4 heteroatoms. The summed E-state index contributed by atoms with van der Waals surface area (Å²) < 4.78 is 18.6. The molecule has 0 spiro atoms. The Morgan fingerprint density at radius 2 is 1.95 bits per heavy atom. The Balaban J connectivity index is 1.61. The lowest BCUT2D eigenvalue weighted by Crippen LogP contribution is -2.16. The van der Waals surface area contributed by atoms with Crippen LogP contribution in [0.2, 0.25) is 5.22 Å². The van der Waals surface area contributed by atoms with Crippen molar-refractivity contribution in [2.75, 3.05) is 6.54 Å². The summed E-state index contributed by atoms with van der Waals surface area (Å²) in [7, 11) is 0. The third-order valence-corrected chi connectivity index (χ3v) is 3.74. The maximum Gasteiger partial charge on any atom is 0.199 e. The number of benzene rings is 2. The van der Waals surface area contributed by atoms with Crippen LogP contribution in [0.25, 0.3) is 11.0 Å². The molecule has 0 unspecified atom stereocenters. The highest BCUT2D eigenvalue weighted by molar-refractivity contribution is 6.30. The zero-order valence-electron chi connectivity index (χ0n) is 11.4. The summed E-state index contributed by atoms with van der Waals surface area (Å²) in [6.07, 6.45) is 0.769. The molecule has 0 fully saturated rings. The van der Waals surface area contributed by atoms with Crippen LogP contribution in [0.1, 0.15) is 11.1 Å². The second kappa shape index (κ2) is 6.29. The van der Waals surface area contributed by atoms with E-state index in [0.29, 0.717) is 11.8 Å². The van der Waals surface area contributed by atoms with Crippen molar-refractivity contribution in [2.45, 2.75) is 13.0 Å². The van der Waals surface area contributed by atoms with E-state index in [1.807, 2.05) is 30.3 Å². The number of nitrogens with one attached hydrogen (secondary N) is 1. The molecule has 1 N–H and O–H groups in total. The van der Waals surface area contributed by atoms with Crippen LogP contribution < -0.4 is 5.32 Å². The predicted octanol–water partition coefficient (Wildman–Crippen LogP) is 4.56. The van der Waals surface area contributed by atoms with E-state index in [-0.39, 0.29) is 5.82 Å². The molecule has 0 amide bonds. The van der Waals surface area contributed by atoms with E-state index in [1.165, 1.54) is 6.07 Å². The second-order valence-electron chi connectivity index (χ2n) is 4.91. The highest BCUT2D eigenvalue weighted by atomic mass is 35.5. The molecule has 21 heavy (non-hydrogen) atoms. The summed E-state index contributed by atoms with van der Waals surface area (Å²) >= 11 is 6.13. The molecule has 0 aliphatic rings. The molecule has 108 valence electrons. The third kappa shape index (κ3) is 3.26. The van der Waals surface area contributed by atoms with Crippen LogP contribution >= 0.6 is 11.6 Å². The second-order valence-corrected chi connectivity index (χ2v) is 5.25. The van der Waals surface area contributed by atoms with Crippen molar-refractivity contribution in [1.29, 1.82) is 0 Å². The summed E-state index contributed by atoms with van der Waals surface area (Å²) in [5.41, 5.74) is 2.74. The molecular weight excluding hydrogens is 289 g/mol. The summed E-state index contributed by atoms with van der Waals surface area (Å²) in [6.45, 7) is 1.38. The summed E-state index contributed by atoms with van der Waals surface area (Å²) in [6, 6.07) is 14.4. The first-order chi connectivity index (χ1) is 10.2. The molecule has 0 bridgehead atoms. The van der Waals surface area contributed by atoms with Crippen LogP contribution in [-0.2, 0) is 13.0 Å². The Morgan fingerprint density at radius 1 is 1.10 bits per heavy atom. The van der Waals surface area contributed by atoms with Crippen molar-refractivity contribution in [3.8, 4) is 0 Å². The Bertz CT molecular complexity index is 753. The minimum atomic E-state index is -0.198. The lowest BCUT2D eigenvalue weighted by Gasteiger charge is -2.04. The number of furan rings is 1. The molecular formula is C17H15ClFNO. The number of hydrogen-bond donors (Lipinski definition) is 1. The monoisotopic (exact) mass is 303 g/mol. The Hall–Kier alpha value is -1.84. The Labute approximate surface area is 127 Å².